The molecule has 0 atom stereocenters. The van der Waals surface area contributed by atoms with Crippen molar-refractivity contribution in [3.63, 3.8) is 0 Å². The van der Waals surface area contributed by atoms with E-state index in [0.29, 0.717) is 13.0 Å². The molecule has 1 N–H and O–H groups in total. The van der Waals surface area contributed by atoms with Crippen LogP contribution in [0.25, 0.3) is 0 Å². The van der Waals surface area contributed by atoms with Crippen LogP contribution in [-0.4, -0.2) is 24.0 Å². The van der Waals surface area contributed by atoms with E-state index < -0.39 is 11.7 Å². The number of hydrogen-bond donors (Lipinski definition) is 1. The summed E-state index contributed by atoms with van der Waals surface area (Å²) in [7, 11) is 0. The number of carbonyl (C=O) groups is 2. The maximum atomic E-state index is 11.9. The van der Waals surface area contributed by atoms with Crippen LogP contribution in [0.3, 0.4) is 0 Å². The zero-order chi connectivity index (χ0) is 13.6. The number of hydrogen-bond acceptors (Lipinski definition) is 3. The SMILES string of the molecule is CC(C)(C)OC(=O)NCCC(=O)C1CCCCC1. The molecular weight excluding hydrogens is 230 g/mol. The highest BCUT2D eigenvalue weighted by Gasteiger charge is 2.21. The molecular formula is C14H25NO3. The van der Waals surface area contributed by atoms with Gasteiger partial charge >= 0.3 is 6.09 Å². The predicted octanol–water partition coefficient (Wildman–Crippen LogP) is 3.05. The van der Waals surface area contributed by atoms with E-state index >= 15 is 0 Å². The average Bonchev–Trinajstić information content (AvgIpc) is 2.27. The van der Waals surface area contributed by atoms with Crippen molar-refractivity contribution in [2.24, 2.45) is 5.92 Å². The Balaban J connectivity index is 2.17. The highest BCUT2D eigenvalue weighted by atomic mass is 16.6. The molecule has 1 fully saturated rings. The molecule has 1 aliphatic carbocycles. The number of ether oxygens (including phenoxy) is 1. The fourth-order valence-corrected chi connectivity index (χ4v) is 2.23. The first-order chi connectivity index (χ1) is 8.38. The minimum atomic E-state index is -0.489. The van der Waals surface area contributed by atoms with E-state index in [4.69, 9.17) is 4.74 Å². The maximum absolute atomic E-state index is 11.9. The van der Waals surface area contributed by atoms with E-state index in [-0.39, 0.29) is 11.7 Å². The van der Waals surface area contributed by atoms with Crippen LogP contribution in [0.4, 0.5) is 4.79 Å². The summed E-state index contributed by atoms with van der Waals surface area (Å²) in [6, 6.07) is 0. The summed E-state index contributed by atoms with van der Waals surface area (Å²) in [4.78, 5) is 23.2. The highest BCUT2D eigenvalue weighted by Crippen LogP contribution is 2.24. The van der Waals surface area contributed by atoms with Gasteiger partial charge in [-0.1, -0.05) is 19.3 Å². The Morgan fingerprint density at radius 2 is 1.78 bits per heavy atom. The van der Waals surface area contributed by atoms with Crippen molar-refractivity contribution < 1.29 is 14.3 Å². The van der Waals surface area contributed by atoms with Crippen molar-refractivity contribution in [1.29, 1.82) is 0 Å². The zero-order valence-corrected chi connectivity index (χ0v) is 11.8. The van der Waals surface area contributed by atoms with Gasteiger partial charge in [-0.2, -0.15) is 0 Å². The molecule has 1 aliphatic rings. The fraction of sp³-hybridized carbons (Fsp3) is 0.857. The molecule has 104 valence electrons. The first-order valence-electron chi connectivity index (χ1n) is 6.88. The molecule has 1 saturated carbocycles. The lowest BCUT2D eigenvalue weighted by Gasteiger charge is -2.21. The Morgan fingerprint density at radius 3 is 2.33 bits per heavy atom. The van der Waals surface area contributed by atoms with Gasteiger partial charge in [-0.15, -0.1) is 0 Å². The monoisotopic (exact) mass is 255 g/mol. The van der Waals surface area contributed by atoms with Gasteiger partial charge in [-0.3, -0.25) is 4.79 Å². The number of carbonyl (C=O) groups excluding carboxylic acids is 2. The molecule has 1 rings (SSSR count). The smallest absolute Gasteiger partial charge is 0.407 e. The minimum Gasteiger partial charge on any atom is -0.444 e. The van der Waals surface area contributed by atoms with Crippen molar-refractivity contribution in [2.45, 2.75) is 64.9 Å². The molecule has 0 aromatic heterocycles. The summed E-state index contributed by atoms with van der Waals surface area (Å²) in [6.45, 7) is 5.84. The third-order valence-corrected chi connectivity index (χ3v) is 3.10. The van der Waals surface area contributed by atoms with Crippen LogP contribution >= 0.6 is 0 Å². The first-order valence-corrected chi connectivity index (χ1v) is 6.88. The molecule has 0 heterocycles. The number of ketones is 1. The minimum absolute atomic E-state index is 0.221. The van der Waals surface area contributed by atoms with Gasteiger partial charge in [-0.05, 0) is 33.6 Å². The Morgan fingerprint density at radius 1 is 1.17 bits per heavy atom. The van der Waals surface area contributed by atoms with Crippen molar-refractivity contribution in [1.82, 2.24) is 5.32 Å². The quantitative estimate of drug-likeness (QED) is 0.840. The molecule has 0 aliphatic heterocycles. The number of nitrogens with one attached hydrogen (secondary N) is 1. The second-order valence-electron chi connectivity index (χ2n) is 5.98. The molecule has 0 spiro atoms. The second-order valence-corrected chi connectivity index (χ2v) is 5.98. The van der Waals surface area contributed by atoms with E-state index in [9.17, 15) is 9.59 Å². The Labute approximate surface area is 109 Å². The third-order valence-electron chi connectivity index (χ3n) is 3.10. The summed E-state index contributed by atoms with van der Waals surface area (Å²) in [6.07, 6.45) is 5.59. The Kier molecular flexibility index (Phi) is 5.63. The molecule has 18 heavy (non-hydrogen) atoms. The van der Waals surface area contributed by atoms with Crippen molar-refractivity contribution >= 4 is 11.9 Å². The molecule has 0 aromatic rings. The normalized spacial score (nSPS) is 17.3. The molecule has 4 nitrogen and oxygen atoms in total. The van der Waals surface area contributed by atoms with E-state index in [1.165, 1.54) is 6.42 Å². The molecule has 0 bridgehead atoms. The van der Waals surface area contributed by atoms with E-state index in [2.05, 4.69) is 5.32 Å². The predicted molar refractivity (Wildman–Crippen MR) is 70.4 cm³/mol. The molecule has 0 unspecified atom stereocenters. The van der Waals surface area contributed by atoms with Gasteiger partial charge in [0.05, 0.1) is 0 Å². The summed E-state index contributed by atoms with van der Waals surface area (Å²) in [5.41, 5.74) is -0.489. The zero-order valence-electron chi connectivity index (χ0n) is 11.8. The van der Waals surface area contributed by atoms with Crippen molar-refractivity contribution in [3.05, 3.63) is 0 Å². The average molecular weight is 255 g/mol. The van der Waals surface area contributed by atoms with Gasteiger partial charge in [0.1, 0.15) is 11.4 Å². The largest absolute Gasteiger partial charge is 0.444 e. The van der Waals surface area contributed by atoms with Crippen LogP contribution in [0.1, 0.15) is 59.3 Å². The summed E-state index contributed by atoms with van der Waals surface area (Å²) in [5, 5.41) is 2.63. The lowest BCUT2D eigenvalue weighted by atomic mass is 9.85. The van der Waals surface area contributed by atoms with Crippen molar-refractivity contribution in [2.75, 3.05) is 6.54 Å². The number of amides is 1. The Bertz CT molecular complexity index is 288. The standard InChI is InChI=1S/C14H25NO3/c1-14(2,3)18-13(17)15-10-9-12(16)11-7-5-4-6-8-11/h11H,4-10H2,1-3H3,(H,15,17). The molecule has 4 heteroatoms. The Hall–Kier alpha value is -1.06. The van der Waals surface area contributed by atoms with E-state index in [0.717, 1.165) is 25.7 Å². The van der Waals surface area contributed by atoms with Crippen molar-refractivity contribution in [3.8, 4) is 0 Å². The first kappa shape index (κ1) is 15.0. The number of rotatable bonds is 4. The van der Waals surface area contributed by atoms with Crippen LogP contribution in [0.2, 0.25) is 0 Å². The second kappa shape index (κ2) is 6.76. The summed E-state index contributed by atoms with van der Waals surface area (Å²) in [5.74, 6) is 0.505. The van der Waals surface area contributed by atoms with Gasteiger partial charge in [0.15, 0.2) is 0 Å². The molecule has 0 aromatic carbocycles. The molecule has 1 amide bonds. The van der Waals surface area contributed by atoms with Crippen LogP contribution in [0.5, 0.6) is 0 Å². The highest BCUT2D eigenvalue weighted by molar-refractivity contribution is 5.81. The van der Waals surface area contributed by atoms with E-state index in [1.54, 1.807) is 0 Å². The van der Waals surface area contributed by atoms with Gasteiger partial charge in [0.25, 0.3) is 0 Å². The molecule has 0 saturated heterocycles. The topological polar surface area (TPSA) is 55.4 Å². The maximum Gasteiger partial charge on any atom is 0.407 e. The fourth-order valence-electron chi connectivity index (χ4n) is 2.23. The van der Waals surface area contributed by atoms with Crippen LogP contribution in [-0.2, 0) is 9.53 Å². The molecule has 0 radical (unpaired) electrons. The van der Waals surface area contributed by atoms with E-state index in [1.807, 2.05) is 20.8 Å². The number of alkyl carbamates (subject to hydrolysis) is 1. The van der Waals surface area contributed by atoms with Gasteiger partial charge in [0.2, 0.25) is 0 Å². The van der Waals surface area contributed by atoms with Gasteiger partial charge in [0, 0.05) is 18.9 Å². The number of Topliss-reactive ketones (excluding diaryl/α,β-unsaturated/α-hetero) is 1. The van der Waals surface area contributed by atoms with Gasteiger partial charge < -0.3 is 10.1 Å². The summed E-state index contributed by atoms with van der Waals surface area (Å²) < 4.78 is 5.10. The van der Waals surface area contributed by atoms with Gasteiger partial charge in [-0.25, -0.2) is 4.79 Å². The third kappa shape index (κ3) is 6.03. The summed E-state index contributed by atoms with van der Waals surface area (Å²) >= 11 is 0. The van der Waals surface area contributed by atoms with Crippen LogP contribution in [0, 0.1) is 5.92 Å². The lowest BCUT2D eigenvalue weighted by molar-refractivity contribution is -0.123. The lowest BCUT2D eigenvalue weighted by Crippen LogP contribution is -2.34. The van der Waals surface area contributed by atoms with Crippen LogP contribution < -0.4 is 5.32 Å². The van der Waals surface area contributed by atoms with Crippen LogP contribution in [0.15, 0.2) is 0 Å².